The minimum Gasteiger partial charge on any atom is -0.506 e. The van der Waals surface area contributed by atoms with Crippen LogP contribution in [0.15, 0.2) is 11.5 Å². The van der Waals surface area contributed by atoms with Crippen molar-refractivity contribution in [2.24, 2.45) is 0 Å². The number of hydrogen-bond acceptors (Lipinski definition) is 9. The Labute approximate surface area is 112 Å². The highest BCUT2D eigenvalue weighted by Gasteiger charge is 2.46. The van der Waals surface area contributed by atoms with E-state index in [2.05, 4.69) is 0 Å². The summed E-state index contributed by atoms with van der Waals surface area (Å²) in [5, 5.41) is 74.0. The molecule has 0 aliphatic carbocycles. The molecule has 0 aromatic carbocycles. The predicted octanol–water partition coefficient (Wildman–Crippen LogP) is -3.40. The smallest absolute Gasteiger partial charge is 0.340 e. The molecule has 0 saturated heterocycles. The summed E-state index contributed by atoms with van der Waals surface area (Å²) < 4.78 is 4.70. The van der Waals surface area contributed by atoms with Crippen molar-refractivity contribution < 1.29 is 50.4 Å². The van der Waals surface area contributed by atoms with E-state index < -0.39 is 60.7 Å². The molecule has 1 aliphatic rings. The maximum absolute atomic E-state index is 10.8. The zero-order valence-electron chi connectivity index (χ0n) is 10.1. The summed E-state index contributed by atoms with van der Waals surface area (Å²) in [5.74, 6) is -3.96. The fourth-order valence-electron chi connectivity index (χ4n) is 1.71. The Morgan fingerprint density at radius 2 is 1.75 bits per heavy atom. The van der Waals surface area contributed by atoms with Crippen LogP contribution in [-0.4, -0.2) is 90.1 Å². The lowest BCUT2D eigenvalue weighted by atomic mass is 9.95. The van der Waals surface area contributed by atoms with Crippen LogP contribution in [0.5, 0.6) is 0 Å². The van der Waals surface area contributed by atoms with Gasteiger partial charge in [0.2, 0.25) is 6.10 Å². The summed E-state index contributed by atoms with van der Waals surface area (Å²) in [7, 11) is 0. The van der Waals surface area contributed by atoms with Gasteiger partial charge >= 0.3 is 5.97 Å². The van der Waals surface area contributed by atoms with Crippen molar-refractivity contribution in [2.45, 2.75) is 36.6 Å². The van der Waals surface area contributed by atoms with E-state index in [-0.39, 0.29) is 0 Å². The lowest BCUT2D eigenvalue weighted by Crippen LogP contribution is -2.55. The number of aliphatic hydroxyl groups is 7. The van der Waals surface area contributed by atoms with Crippen LogP contribution in [-0.2, 0) is 9.53 Å². The van der Waals surface area contributed by atoms with Crippen molar-refractivity contribution >= 4 is 5.97 Å². The summed E-state index contributed by atoms with van der Waals surface area (Å²) >= 11 is 0. The van der Waals surface area contributed by atoms with Gasteiger partial charge in [0.25, 0.3) is 0 Å². The van der Waals surface area contributed by atoms with Gasteiger partial charge in [0.1, 0.15) is 30.5 Å². The zero-order valence-corrected chi connectivity index (χ0v) is 10.1. The van der Waals surface area contributed by atoms with Crippen LogP contribution < -0.4 is 0 Å². The van der Waals surface area contributed by atoms with Crippen molar-refractivity contribution in [3.05, 3.63) is 11.5 Å². The lowest BCUT2D eigenvalue weighted by molar-refractivity contribution is -0.194. The van der Waals surface area contributed by atoms with Gasteiger partial charge in [-0.2, -0.15) is 0 Å². The molecule has 1 heterocycles. The van der Waals surface area contributed by atoms with Crippen LogP contribution in [0.2, 0.25) is 0 Å². The first kappa shape index (κ1) is 16.6. The van der Waals surface area contributed by atoms with Crippen LogP contribution in [0, 0.1) is 0 Å². The molecular formula is C10H16O10. The molecule has 0 fully saturated rings. The van der Waals surface area contributed by atoms with E-state index in [1.54, 1.807) is 0 Å². The average Bonchev–Trinajstić information content (AvgIpc) is 2.42. The fraction of sp³-hybridized carbons (Fsp3) is 0.700. The van der Waals surface area contributed by atoms with Crippen molar-refractivity contribution in [3.63, 3.8) is 0 Å². The summed E-state index contributed by atoms with van der Waals surface area (Å²) in [6.45, 7) is -0.906. The largest absolute Gasteiger partial charge is 0.506 e. The van der Waals surface area contributed by atoms with Gasteiger partial charge in [-0.15, -0.1) is 0 Å². The average molecular weight is 296 g/mol. The molecule has 6 atom stereocenters. The third-order valence-corrected chi connectivity index (χ3v) is 2.89. The second-order valence-corrected chi connectivity index (χ2v) is 4.27. The number of hydrogen-bond donors (Lipinski definition) is 8. The standard InChI is InChI=1S/C10H16O10/c11-1-2(12)3(13)5(15)8-6(16)4(14)7(17)9(20-8)10(18)19/h2-3,5-6,8-9,11-17H,1H2,(H,18,19)/t2-,3-,5+,6-,8+,9?/m1/s1. The van der Waals surface area contributed by atoms with Gasteiger partial charge < -0.3 is 45.6 Å². The third kappa shape index (κ3) is 3.00. The normalized spacial score (nSPS) is 31.8. The Hall–Kier alpha value is -1.43. The second kappa shape index (κ2) is 6.35. The van der Waals surface area contributed by atoms with Gasteiger partial charge in [-0.05, 0) is 0 Å². The van der Waals surface area contributed by atoms with Gasteiger partial charge in [0.05, 0.1) is 6.61 Å². The van der Waals surface area contributed by atoms with Crippen molar-refractivity contribution in [1.29, 1.82) is 0 Å². The van der Waals surface area contributed by atoms with E-state index in [1.807, 2.05) is 0 Å². The molecule has 0 amide bonds. The minimum atomic E-state index is -2.04. The highest BCUT2D eigenvalue weighted by Crippen LogP contribution is 2.27. The van der Waals surface area contributed by atoms with E-state index in [4.69, 9.17) is 20.1 Å². The van der Waals surface area contributed by atoms with Gasteiger partial charge in [-0.3, -0.25) is 0 Å². The topological polar surface area (TPSA) is 188 Å². The van der Waals surface area contributed by atoms with Crippen LogP contribution in [0.1, 0.15) is 0 Å². The maximum Gasteiger partial charge on any atom is 0.340 e. The number of ether oxygens (including phenoxy) is 1. The van der Waals surface area contributed by atoms with Gasteiger partial charge in [-0.1, -0.05) is 0 Å². The van der Waals surface area contributed by atoms with Crippen molar-refractivity contribution in [2.75, 3.05) is 6.61 Å². The molecule has 8 N–H and O–H groups in total. The molecule has 1 aliphatic heterocycles. The van der Waals surface area contributed by atoms with E-state index in [1.165, 1.54) is 0 Å². The number of aliphatic hydroxyl groups excluding tert-OH is 7. The van der Waals surface area contributed by atoms with Gasteiger partial charge in [0.15, 0.2) is 11.5 Å². The molecule has 20 heavy (non-hydrogen) atoms. The molecule has 1 unspecified atom stereocenters. The molecule has 0 aromatic heterocycles. The van der Waals surface area contributed by atoms with Crippen LogP contribution in [0.4, 0.5) is 0 Å². The number of carboxylic acid groups (broad SMARTS) is 1. The maximum atomic E-state index is 10.8. The third-order valence-electron chi connectivity index (χ3n) is 2.89. The Morgan fingerprint density at radius 3 is 2.20 bits per heavy atom. The number of rotatable bonds is 5. The molecule has 1 rings (SSSR count). The van der Waals surface area contributed by atoms with E-state index in [9.17, 15) is 30.3 Å². The summed E-state index contributed by atoms with van der Waals surface area (Å²) in [6, 6.07) is 0. The summed E-state index contributed by atoms with van der Waals surface area (Å²) in [6.07, 6.45) is -11.7. The summed E-state index contributed by atoms with van der Waals surface area (Å²) in [5.41, 5.74) is 0. The van der Waals surface area contributed by atoms with Crippen LogP contribution in [0.25, 0.3) is 0 Å². The lowest BCUT2D eigenvalue weighted by Gasteiger charge is -2.36. The Bertz CT molecular complexity index is 393. The Balaban J connectivity index is 2.99. The van der Waals surface area contributed by atoms with E-state index in [0.29, 0.717) is 0 Å². The van der Waals surface area contributed by atoms with Gasteiger partial charge in [0, 0.05) is 0 Å². The van der Waals surface area contributed by atoms with Crippen LogP contribution in [0.3, 0.4) is 0 Å². The first-order valence-corrected chi connectivity index (χ1v) is 5.55. The van der Waals surface area contributed by atoms with Crippen molar-refractivity contribution in [3.8, 4) is 0 Å². The zero-order chi connectivity index (χ0) is 15.6. The molecule has 10 heteroatoms. The number of aliphatic carboxylic acids is 1. The van der Waals surface area contributed by atoms with E-state index >= 15 is 0 Å². The molecule has 10 nitrogen and oxygen atoms in total. The highest BCUT2D eigenvalue weighted by atomic mass is 16.6. The molecule has 0 bridgehead atoms. The molecule has 0 radical (unpaired) electrons. The Kier molecular flexibility index (Phi) is 5.28. The second-order valence-electron chi connectivity index (χ2n) is 4.27. The van der Waals surface area contributed by atoms with Crippen LogP contribution >= 0.6 is 0 Å². The monoisotopic (exact) mass is 296 g/mol. The molecule has 0 aromatic rings. The molecule has 116 valence electrons. The van der Waals surface area contributed by atoms with Crippen molar-refractivity contribution in [1.82, 2.24) is 0 Å². The first-order chi connectivity index (χ1) is 9.22. The molecular weight excluding hydrogens is 280 g/mol. The molecule has 0 spiro atoms. The first-order valence-electron chi connectivity index (χ1n) is 5.55. The predicted molar refractivity (Wildman–Crippen MR) is 59.7 cm³/mol. The fourth-order valence-corrected chi connectivity index (χ4v) is 1.71. The molecule has 0 saturated carbocycles. The highest BCUT2D eigenvalue weighted by molar-refractivity contribution is 5.76. The minimum absolute atomic E-state index is 0.906. The van der Waals surface area contributed by atoms with Gasteiger partial charge in [-0.25, -0.2) is 4.79 Å². The quantitative estimate of drug-likeness (QED) is 0.254. The van der Waals surface area contributed by atoms with E-state index in [0.717, 1.165) is 0 Å². The summed E-state index contributed by atoms with van der Waals surface area (Å²) in [4.78, 5) is 10.8. The number of carbonyl (C=O) groups is 1. The Morgan fingerprint density at radius 1 is 1.20 bits per heavy atom. The SMILES string of the molecule is O=C(O)C1O[C@@H]([C@@H](O)[C@H](O)[C@H](O)CO)[C@H](O)C(O)=C1O. The number of carboxylic acids is 1.